The van der Waals surface area contributed by atoms with Gasteiger partial charge in [0.25, 0.3) is 0 Å². The van der Waals surface area contributed by atoms with Crippen molar-refractivity contribution in [2.45, 2.75) is 49.1 Å². The van der Waals surface area contributed by atoms with Crippen molar-refractivity contribution in [3.8, 4) is 23.7 Å². The standard InChI is InChI=1S/C29H31FN4O3S2/c1-37-26-18-28(39(2,35)36)23(30)17-25(26)32-14-4-7-27-21(10-13-31)22-5-3-6-24(29(22)38-27)33-19-11-15-34(16-12-19)20-8-9-20/h3,5-6,17-20,32-33H,8-12,14-16H2,1-2H3. The van der Waals surface area contributed by atoms with Crippen LogP contribution in [0.2, 0.25) is 0 Å². The van der Waals surface area contributed by atoms with E-state index in [-0.39, 0.29) is 18.7 Å². The zero-order valence-corrected chi connectivity index (χ0v) is 23.6. The number of rotatable bonds is 8. The van der Waals surface area contributed by atoms with Crippen molar-refractivity contribution in [1.29, 1.82) is 5.26 Å². The van der Waals surface area contributed by atoms with Gasteiger partial charge >= 0.3 is 0 Å². The van der Waals surface area contributed by atoms with E-state index in [0.29, 0.717) is 11.7 Å². The lowest BCUT2D eigenvalue weighted by molar-refractivity contribution is 0.210. The Morgan fingerprint density at radius 1 is 1.18 bits per heavy atom. The molecule has 2 N–H and O–H groups in total. The molecular weight excluding hydrogens is 535 g/mol. The number of likely N-dealkylation sites (tertiary alicyclic amines) is 1. The molecule has 0 unspecified atom stereocenters. The summed E-state index contributed by atoms with van der Waals surface area (Å²) < 4.78 is 44.4. The van der Waals surface area contributed by atoms with Crippen LogP contribution in [-0.4, -0.2) is 58.4 Å². The zero-order chi connectivity index (χ0) is 27.6. The summed E-state index contributed by atoms with van der Waals surface area (Å²) in [5, 5.41) is 17.3. The maximum Gasteiger partial charge on any atom is 0.178 e. The van der Waals surface area contributed by atoms with E-state index in [2.05, 4.69) is 39.5 Å². The molecule has 10 heteroatoms. The highest BCUT2D eigenvalue weighted by molar-refractivity contribution is 7.90. The van der Waals surface area contributed by atoms with Crippen LogP contribution in [0, 0.1) is 29.0 Å². The van der Waals surface area contributed by atoms with Crippen LogP contribution in [0.4, 0.5) is 15.8 Å². The molecule has 2 aromatic carbocycles. The van der Waals surface area contributed by atoms with Gasteiger partial charge in [-0.25, -0.2) is 12.8 Å². The predicted octanol–water partition coefficient (Wildman–Crippen LogP) is 5.02. The highest BCUT2D eigenvalue weighted by atomic mass is 32.2. The Morgan fingerprint density at radius 2 is 1.95 bits per heavy atom. The first kappa shape index (κ1) is 27.3. The van der Waals surface area contributed by atoms with E-state index in [4.69, 9.17) is 4.74 Å². The Morgan fingerprint density at radius 3 is 2.62 bits per heavy atom. The topological polar surface area (TPSA) is 94.5 Å². The number of ether oxygens (including phenoxy) is 1. The Balaban J connectivity index is 1.33. The number of hydrogen-bond donors (Lipinski definition) is 2. The molecular formula is C29H31FN4O3S2. The summed E-state index contributed by atoms with van der Waals surface area (Å²) >= 11 is 1.58. The molecule has 2 aliphatic rings. The van der Waals surface area contributed by atoms with Gasteiger partial charge < -0.3 is 20.3 Å². The summed E-state index contributed by atoms with van der Waals surface area (Å²) in [4.78, 5) is 3.03. The minimum Gasteiger partial charge on any atom is -0.495 e. The molecule has 0 radical (unpaired) electrons. The number of halogens is 1. The highest BCUT2D eigenvalue weighted by Gasteiger charge is 2.32. The molecule has 2 fully saturated rings. The lowest BCUT2D eigenvalue weighted by Crippen LogP contribution is -2.40. The second-order valence-corrected chi connectivity index (χ2v) is 13.0. The quantitative estimate of drug-likeness (QED) is 0.370. The van der Waals surface area contributed by atoms with Gasteiger partial charge in [0.05, 0.1) is 47.1 Å². The normalized spacial score (nSPS) is 16.4. The third kappa shape index (κ3) is 6.14. The van der Waals surface area contributed by atoms with Gasteiger partial charge in [0.2, 0.25) is 0 Å². The number of piperidine rings is 1. The third-order valence-electron chi connectivity index (χ3n) is 7.25. The molecule has 0 atom stereocenters. The first-order valence-electron chi connectivity index (χ1n) is 13.0. The van der Waals surface area contributed by atoms with Crippen LogP contribution >= 0.6 is 11.3 Å². The maximum absolute atomic E-state index is 14.4. The SMILES string of the molecule is COc1cc(S(C)(=O)=O)c(F)cc1NCC#Cc1sc2c(NC3CCN(C4CC4)CC3)cccc2c1CC#N. The van der Waals surface area contributed by atoms with Gasteiger partial charge in [0.15, 0.2) is 9.84 Å². The first-order valence-corrected chi connectivity index (χ1v) is 15.7. The minimum absolute atomic E-state index is 0.179. The fourth-order valence-electron chi connectivity index (χ4n) is 5.10. The molecule has 0 spiro atoms. The molecule has 1 saturated carbocycles. The fraction of sp³-hybridized carbons (Fsp3) is 0.414. The van der Waals surface area contributed by atoms with Crippen molar-refractivity contribution < 1.29 is 17.5 Å². The number of benzene rings is 2. The molecule has 2 heterocycles. The average Bonchev–Trinajstić information content (AvgIpc) is 3.70. The Bertz CT molecular complexity index is 1590. The number of anilines is 2. The number of hydrogen-bond acceptors (Lipinski definition) is 8. The van der Waals surface area contributed by atoms with Crippen LogP contribution in [0.15, 0.2) is 35.2 Å². The summed E-state index contributed by atoms with van der Waals surface area (Å²) in [6, 6.07) is 11.9. The van der Waals surface area contributed by atoms with E-state index in [9.17, 15) is 18.1 Å². The molecule has 7 nitrogen and oxygen atoms in total. The van der Waals surface area contributed by atoms with Crippen LogP contribution in [-0.2, 0) is 16.3 Å². The monoisotopic (exact) mass is 566 g/mol. The molecule has 1 aliphatic carbocycles. The molecule has 1 aliphatic heterocycles. The van der Waals surface area contributed by atoms with Crippen molar-refractivity contribution in [2.24, 2.45) is 0 Å². The first-order chi connectivity index (χ1) is 18.8. The summed E-state index contributed by atoms with van der Waals surface area (Å²) in [6.45, 7) is 2.45. The van der Waals surface area contributed by atoms with E-state index < -0.39 is 20.5 Å². The third-order valence-corrected chi connectivity index (χ3v) is 9.56. The zero-order valence-electron chi connectivity index (χ0n) is 22.0. The van der Waals surface area contributed by atoms with Gasteiger partial charge in [0, 0.05) is 54.5 Å². The van der Waals surface area contributed by atoms with Gasteiger partial charge in [-0.3, -0.25) is 0 Å². The number of fused-ring (bicyclic) bond motifs is 1. The van der Waals surface area contributed by atoms with E-state index >= 15 is 0 Å². The van der Waals surface area contributed by atoms with Gasteiger partial charge in [-0.1, -0.05) is 24.0 Å². The Hall–Kier alpha value is -3.31. The lowest BCUT2D eigenvalue weighted by Gasteiger charge is -2.33. The van der Waals surface area contributed by atoms with Gasteiger partial charge in [-0.2, -0.15) is 5.26 Å². The van der Waals surface area contributed by atoms with Crippen LogP contribution in [0.5, 0.6) is 5.75 Å². The fourth-order valence-corrected chi connectivity index (χ4v) is 7.00. The predicted molar refractivity (Wildman–Crippen MR) is 154 cm³/mol. The van der Waals surface area contributed by atoms with Crippen LogP contribution in [0.1, 0.15) is 36.1 Å². The largest absolute Gasteiger partial charge is 0.495 e. The molecule has 0 bridgehead atoms. The highest BCUT2D eigenvalue weighted by Crippen LogP contribution is 2.38. The van der Waals surface area contributed by atoms with Crippen LogP contribution in [0.3, 0.4) is 0 Å². The molecule has 5 rings (SSSR count). The van der Waals surface area contributed by atoms with E-state index in [1.54, 1.807) is 11.3 Å². The van der Waals surface area contributed by atoms with Crippen molar-refractivity contribution in [3.63, 3.8) is 0 Å². The number of nitrogens with one attached hydrogen (secondary N) is 2. The van der Waals surface area contributed by atoms with Crippen LogP contribution < -0.4 is 15.4 Å². The number of nitrogens with zero attached hydrogens (tertiary/aromatic N) is 2. The number of methoxy groups -OCH3 is 1. The Labute approximate surface area is 232 Å². The van der Waals surface area contributed by atoms with E-state index in [0.717, 1.165) is 70.5 Å². The van der Waals surface area contributed by atoms with Crippen molar-refractivity contribution in [1.82, 2.24) is 4.90 Å². The Kier molecular flexibility index (Phi) is 7.99. The summed E-state index contributed by atoms with van der Waals surface area (Å²) in [7, 11) is -2.33. The number of nitriles is 1. The van der Waals surface area contributed by atoms with Crippen molar-refractivity contribution in [3.05, 3.63) is 46.6 Å². The van der Waals surface area contributed by atoms with Gasteiger partial charge in [0.1, 0.15) is 16.5 Å². The smallest absolute Gasteiger partial charge is 0.178 e. The molecule has 0 amide bonds. The van der Waals surface area contributed by atoms with E-state index in [1.165, 1.54) is 26.0 Å². The molecule has 204 valence electrons. The summed E-state index contributed by atoms with van der Waals surface area (Å²) in [6.07, 6.45) is 6.13. The second kappa shape index (κ2) is 11.4. The second-order valence-electron chi connectivity index (χ2n) is 10.0. The number of sulfone groups is 1. The van der Waals surface area contributed by atoms with Gasteiger partial charge in [-0.15, -0.1) is 11.3 Å². The molecule has 1 saturated heterocycles. The summed E-state index contributed by atoms with van der Waals surface area (Å²) in [5.41, 5.74) is 2.31. The van der Waals surface area contributed by atoms with Crippen molar-refractivity contribution >= 4 is 42.6 Å². The lowest BCUT2D eigenvalue weighted by atomic mass is 10.0. The molecule has 39 heavy (non-hydrogen) atoms. The number of thiophene rings is 1. The summed E-state index contributed by atoms with van der Waals surface area (Å²) in [5.74, 6) is 5.62. The van der Waals surface area contributed by atoms with E-state index in [1.807, 2.05) is 12.1 Å². The average molecular weight is 567 g/mol. The van der Waals surface area contributed by atoms with Gasteiger partial charge in [-0.05, 0) is 31.7 Å². The maximum atomic E-state index is 14.4. The molecule has 1 aromatic heterocycles. The minimum atomic E-state index is -3.73. The molecule has 3 aromatic rings. The van der Waals surface area contributed by atoms with Crippen LogP contribution in [0.25, 0.3) is 10.1 Å². The van der Waals surface area contributed by atoms with Crippen molar-refractivity contribution in [2.75, 3.05) is 43.6 Å².